The van der Waals surface area contributed by atoms with Gasteiger partial charge in [0.05, 0.1) is 0 Å². The summed E-state index contributed by atoms with van der Waals surface area (Å²) >= 11 is 3.76. The zero-order valence-electron chi connectivity index (χ0n) is 9.55. The largest absolute Gasteiger partial charge is 0.332 e. The van der Waals surface area contributed by atoms with Gasteiger partial charge in [-0.05, 0) is 16.6 Å². The monoisotopic (exact) mass is 332 g/mol. The van der Waals surface area contributed by atoms with Crippen molar-refractivity contribution in [3.63, 3.8) is 0 Å². The van der Waals surface area contributed by atoms with Crippen LogP contribution in [-0.4, -0.2) is 4.82 Å². The lowest BCUT2D eigenvalue weighted by molar-refractivity contribution is 1.63. The maximum absolute atomic E-state index is 3.76. The minimum Gasteiger partial charge on any atom is -0.132 e. The fraction of sp³-hybridized carbons (Fsp3) is 0. The first-order valence-corrected chi connectivity index (χ1v) is 8.81. The Balaban J connectivity index is 2.13. The van der Waals surface area contributed by atoms with Gasteiger partial charge in [0, 0.05) is 4.91 Å². The van der Waals surface area contributed by atoms with Crippen molar-refractivity contribution in [2.75, 3.05) is 0 Å². The molecule has 0 unspecified atom stereocenters. The third-order valence-corrected chi connectivity index (χ3v) is 7.06. The Morgan fingerprint density at radius 3 is 1.94 bits per heavy atom. The van der Waals surface area contributed by atoms with Gasteiger partial charge in [-0.25, -0.2) is 0 Å². The molecule has 1 aliphatic heterocycles. The lowest BCUT2D eigenvalue weighted by Gasteiger charge is -2.07. The van der Waals surface area contributed by atoms with Crippen molar-refractivity contribution in [2.45, 2.75) is 0 Å². The van der Waals surface area contributed by atoms with Crippen molar-refractivity contribution >= 4 is 52.4 Å². The SMILES string of the molecule is BrB1SSC(c2ccccc2)=C1c1ccccc1. The highest BCUT2D eigenvalue weighted by molar-refractivity contribution is 9.34. The lowest BCUT2D eigenvalue weighted by Crippen LogP contribution is -1.98. The second-order valence-corrected chi connectivity index (χ2v) is 7.81. The van der Waals surface area contributed by atoms with E-state index < -0.39 is 0 Å². The third kappa shape index (κ3) is 2.42. The summed E-state index contributed by atoms with van der Waals surface area (Å²) in [6, 6.07) is 21.2. The molecule has 0 spiro atoms. The van der Waals surface area contributed by atoms with Gasteiger partial charge in [0.15, 0.2) is 0 Å². The second kappa shape index (κ2) is 5.60. The van der Waals surface area contributed by atoms with E-state index in [9.17, 15) is 0 Å². The number of rotatable bonds is 2. The molecule has 0 N–H and O–H groups in total. The van der Waals surface area contributed by atoms with E-state index in [-0.39, 0.29) is 0 Å². The van der Waals surface area contributed by atoms with Gasteiger partial charge >= 0.3 is 4.82 Å². The third-order valence-electron chi connectivity index (χ3n) is 2.81. The lowest BCUT2D eigenvalue weighted by atomic mass is 9.84. The molecule has 4 heteroatoms. The van der Waals surface area contributed by atoms with Gasteiger partial charge in [-0.2, -0.15) is 0 Å². The van der Waals surface area contributed by atoms with Crippen LogP contribution in [0.25, 0.3) is 10.4 Å². The minimum atomic E-state index is 0.361. The topological polar surface area (TPSA) is 0 Å². The summed E-state index contributed by atoms with van der Waals surface area (Å²) in [5, 5.41) is 0. The summed E-state index contributed by atoms with van der Waals surface area (Å²) in [6.45, 7) is 0. The molecular weight excluding hydrogens is 323 g/mol. The molecule has 0 saturated heterocycles. The maximum Gasteiger partial charge on any atom is 0.332 e. The molecule has 0 atom stereocenters. The molecule has 3 rings (SSSR count). The summed E-state index contributed by atoms with van der Waals surface area (Å²) < 4.78 is 0. The van der Waals surface area contributed by atoms with E-state index in [4.69, 9.17) is 0 Å². The first-order chi connectivity index (χ1) is 8.86. The molecule has 88 valence electrons. The van der Waals surface area contributed by atoms with E-state index in [0.717, 1.165) is 0 Å². The Hall–Kier alpha value is -0.575. The molecule has 0 fully saturated rings. The van der Waals surface area contributed by atoms with Crippen LogP contribution >= 0.6 is 37.2 Å². The summed E-state index contributed by atoms with van der Waals surface area (Å²) in [6.07, 6.45) is 0. The molecule has 0 aliphatic carbocycles. The van der Waals surface area contributed by atoms with Crippen LogP contribution in [0.4, 0.5) is 0 Å². The second-order valence-electron chi connectivity index (χ2n) is 3.97. The molecule has 0 nitrogen and oxygen atoms in total. The maximum atomic E-state index is 3.76. The standard InChI is InChI=1S/C14H10BBrS2/c16-15-13(11-7-3-1-4-8-11)14(17-18-15)12-9-5-2-6-10-12/h1-10H. The number of halogens is 1. The van der Waals surface area contributed by atoms with E-state index in [0.29, 0.717) is 4.82 Å². The van der Waals surface area contributed by atoms with Crippen LogP contribution in [0.15, 0.2) is 60.7 Å². The van der Waals surface area contributed by atoms with Crippen molar-refractivity contribution in [1.29, 1.82) is 0 Å². The fourth-order valence-corrected chi connectivity index (χ4v) is 5.84. The molecule has 0 bridgehead atoms. The van der Waals surface area contributed by atoms with Crippen molar-refractivity contribution in [3.8, 4) is 0 Å². The van der Waals surface area contributed by atoms with Crippen molar-refractivity contribution in [3.05, 3.63) is 71.8 Å². The molecule has 0 amide bonds. The first-order valence-electron chi connectivity index (χ1n) is 5.68. The molecule has 0 aromatic heterocycles. The average Bonchev–Trinajstić information content (AvgIpc) is 2.83. The molecule has 2 aromatic carbocycles. The Labute approximate surface area is 124 Å². The average molecular weight is 333 g/mol. The van der Waals surface area contributed by atoms with Crippen LogP contribution in [0.2, 0.25) is 0 Å². The summed E-state index contributed by atoms with van der Waals surface area (Å²) in [5.74, 6) is 0. The molecule has 0 saturated carbocycles. The Kier molecular flexibility index (Phi) is 3.87. The summed E-state index contributed by atoms with van der Waals surface area (Å²) in [7, 11) is 3.72. The minimum absolute atomic E-state index is 0.361. The molecule has 1 aliphatic rings. The Morgan fingerprint density at radius 1 is 0.778 bits per heavy atom. The highest BCUT2D eigenvalue weighted by Gasteiger charge is 2.30. The van der Waals surface area contributed by atoms with Gasteiger partial charge in [-0.15, -0.1) is 26.4 Å². The van der Waals surface area contributed by atoms with Gasteiger partial charge in [-0.3, -0.25) is 0 Å². The van der Waals surface area contributed by atoms with E-state index in [1.807, 2.05) is 21.4 Å². The zero-order chi connectivity index (χ0) is 12.4. The van der Waals surface area contributed by atoms with Crippen molar-refractivity contribution in [2.24, 2.45) is 0 Å². The zero-order valence-corrected chi connectivity index (χ0v) is 12.8. The van der Waals surface area contributed by atoms with Crippen LogP contribution < -0.4 is 0 Å². The predicted octanol–water partition coefficient (Wildman–Crippen LogP) is 5.37. The summed E-state index contributed by atoms with van der Waals surface area (Å²) in [4.78, 5) is 1.73. The number of hydrogen-bond donors (Lipinski definition) is 0. The molecule has 0 radical (unpaired) electrons. The van der Waals surface area contributed by atoms with Crippen LogP contribution in [0.1, 0.15) is 11.1 Å². The van der Waals surface area contributed by atoms with Gasteiger partial charge in [-0.1, -0.05) is 71.5 Å². The van der Waals surface area contributed by atoms with Crippen LogP contribution in [0, 0.1) is 0 Å². The quantitative estimate of drug-likeness (QED) is 0.535. The van der Waals surface area contributed by atoms with Crippen molar-refractivity contribution in [1.82, 2.24) is 0 Å². The molecule has 18 heavy (non-hydrogen) atoms. The molecular formula is C14H10BBrS2. The van der Waals surface area contributed by atoms with E-state index in [1.54, 1.807) is 0 Å². The Morgan fingerprint density at radius 2 is 1.33 bits per heavy atom. The van der Waals surface area contributed by atoms with E-state index in [2.05, 4.69) is 76.4 Å². The first kappa shape index (κ1) is 12.5. The van der Waals surface area contributed by atoms with Crippen LogP contribution in [0.3, 0.4) is 0 Å². The van der Waals surface area contributed by atoms with Gasteiger partial charge in [0.1, 0.15) is 0 Å². The van der Waals surface area contributed by atoms with Gasteiger partial charge in [0.2, 0.25) is 0 Å². The number of benzene rings is 2. The predicted molar refractivity (Wildman–Crippen MR) is 89.6 cm³/mol. The number of hydrogen-bond acceptors (Lipinski definition) is 2. The van der Waals surface area contributed by atoms with Gasteiger partial charge in [0.25, 0.3) is 0 Å². The van der Waals surface area contributed by atoms with E-state index in [1.165, 1.54) is 21.5 Å². The summed E-state index contributed by atoms with van der Waals surface area (Å²) in [5.41, 5.74) is 3.99. The highest BCUT2D eigenvalue weighted by atomic mass is 79.9. The fourth-order valence-electron chi connectivity index (χ4n) is 1.96. The normalized spacial score (nSPS) is 15.3. The van der Waals surface area contributed by atoms with Gasteiger partial charge < -0.3 is 0 Å². The molecule has 2 aromatic rings. The highest BCUT2D eigenvalue weighted by Crippen LogP contribution is 2.54. The Bertz CT molecular complexity index is 569. The van der Waals surface area contributed by atoms with Crippen LogP contribution in [-0.2, 0) is 0 Å². The van der Waals surface area contributed by atoms with Crippen molar-refractivity contribution < 1.29 is 0 Å². The van der Waals surface area contributed by atoms with E-state index >= 15 is 0 Å². The van der Waals surface area contributed by atoms with Crippen LogP contribution in [0.5, 0.6) is 0 Å². The smallest absolute Gasteiger partial charge is 0.132 e. The molecule has 1 heterocycles.